The maximum atomic E-state index is 4.65. The van der Waals surface area contributed by atoms with Crippen molar-refractivity contribution >= 4 is 6.21 Å². The Balaban J connectivity index is 2.42. The molecule has 0 amide bonds. The summed E-state index contributed by atoms with van der Waals surface area (Å²) in [6.45, 7) is 2.01. The molecular formula is C13H13N3O. The Kier molecular flexibility index (Phi) is 3.45. The summed E-state index contributed by atoms with van der Waals surface area (Å²) in [4.78, 5) is 13.4. The van der Waals surface area contributed by atoms with Gasteiger partial charge in [0.15, 0.2) is 0 Å². The van der Waals surface area contributed by atoms with Gasteiger partial charge in [-0.25, -0.2) is 4.98 Å². The fraction of sp³-hybridized carbons (Fsp3) is 0.154. The van der Waals surface area contributed by atoms with Gasteiger partial charge in [0.05, 0.1) is 23.3 Å². The Morgan fingerprint density at radius 1 is 1.24 bits per heavy atom. The van der Waals surface area contributed by atoms with Gasteiger partial charge in [-0.05, 0) is 36.8 Å². The maximum Gasteiger partial charge on any atom is 0.106 e. The second-order valence-corrected chi connectivity index (χ2v) is 3.59. The Labute approximate surface area is 100.0 Å². The third-order valence-corrected chi connectivity index (χ3v) is 2.21. The second-order valence-electron chi connectivity index (χ2n) is 3.59. The Hall–Kier alpha value is -2.23. The van der Waals surface area contributed by atoms with Crippen molar-refractivity contribution < 1.29 is 4.84 Å². The van der Waals surface area contributed by atoms with Crippen molar-refractivity contribution in [2.75, 3.05) is 7.11 Å². The van der Waals surface area contributed by atoms with Crippen LogP contribution in [0, 0.1) is 6.92 Å². The first-order valence-electron chi connectivity index (χ1n) is 5.26. The van der Waals surface area contributed by atoms with Gasteiger partial charge in [0, 0.05) is 6.20 Å². The standard InChI is InChI=1S/C13H13N3O/c1-10-7-11(9-15-17-2)16-13(8-10)12-5-3-4-6-14-12/h3-9H,1-2H3/b15-9+. The lowest BCUT2D eigenvalue weighted by Crippen LogP contribution is -1.94. The van der Waals surface area contributed by atoms with Gasteiger partial charge >= 0.3 is 0 Å². The molecule has 2 aromatic heterocycles. The van der Waals surface area contributed by atoms with Crippen LogP contribution in [0.1, 0.15) is 11.3 Å². The van der Waals surface area contributed by atoms with Crippen LogP contribution in [0.2, 0.25) is 0 Å². The molecule has 0 saturated carbocycles. The van der Waals surface area contributed by atoms with Crippen molar-refractivity contribution in [2.24, 2.45) is 5.16 Å². The summed E-state index contributed by atoms with van der Waals surface area (Å²) >= 11 is 0. The zero-order valence-electron chi connectivity index (χ0n) is 9.79. The number of rotatable bonds is 3. The second kappa shape index (κ2) is 5.21. The molecule has 2 aromatic rings. The van der Waals surface area contributed by atoms with E-state index in [0.29, 0.717) is 0 Å². The molecule has 0 fully saturated rings. The molecule has 0 spiro atoms. The fourth-order valence-electron chi connectivity index (χ4n) is 1.51. The van der Waals surface area contributed by atoms with Crippen LogP contribution >= 0.6 is 0 Å². The van der Waals surface area contributed by atoms with Crippen molar-refractivity contribution in [3.05, 3.63) is 47.8 Å². The minimum atomic E-state index is 0.757. The minimum Gasteiger partial charge on any atom is -0.399 e. The molecule has 0 aliphatic heterocycles. The zero-order valence-corrected chi connectivity index (χ0v) is 9.79. The van der Waals surface area contributed by atoms with Gasteiger partial charge in [0.25, 0.3) is 0 Å². The van der Waals surface area contributed by atoms with Gasteiger partial charge in [-0.2, -0.15) is 0 Å². The lowest BCUT2D eigenvalue weighted by molar-refractivity contribution is 0.215. The summed E-state index contributed by atoms with van der Waals surface area (Å²) in [5.41, 5.74) is 3.55. The van der Waals surface area contributed by atoms with E-state index in [-0.39, 0.29) is 0 Å². The number of aryl methyl sites for hydroxylation is 1. The highest BCUT2D eigenvalue weighted by molar-refractivity contribution is 5.78. The molecule has 0 N–H and O–H groups in total. The van der Waals surface area contributed by atoms with E-state index in [1.165, 1.54) is 7.11 Å². The summed E-state index contributed by atoms with van der Waals surface area (Å²) in [5.74, 6) is 0. The zero-order chi connectivity index (χ0) is 12.1. The smallest absolute Gasteiger partial charge is 0.106 e. The summed E-state index contributed by atoms with van der Waals surface area (Å²) in [6.07, 6.45) is 3.34. The van der Waals surface area contributed by atoms with E-state index in [1.54, 1.807) is 12.4 Å². The number of hydrogen-bond acceptors (Lipinski definition) is 4. The number of oxime groups is 1. The summed E-state index contributed by atoms with van der Waals surface area (Å²) in [6, 6.07) is 9.68. The SMILES string of the molecule is CO/N=C/c1cc(C)cc(-c2ccccn2)n1. The minimum absolute atomic E-state index is 0.757. The number of aromatic nitrogens is 2. The van der Waals surface area contributed by atoms with E-state index < -0.39 is 0 Å². The van der Waals surface area contributed by atoms with E-state index in [0.717, 1.165) is 22.6 Å². The third kappa shape index (κ3) is 2.87. The lowest BCUT2D eigenvalue weighted by Gasteiger charge is -2.03. The van der Waals surface area contributed by atoms with Gasteiger partial charge in [-0.3, -0.25) is 4.98 Å². The molecule has 86 valence electrons. The Bertz CT molecular complexity index is 523. The monoisotopic (exact) mass is 227 g/mol. The predicted molar refractivity (Wildman–Crippen MR) is 66.8 cm³/mol. The molecular weight excluding hydrogens is 214 g/mol. The molecule has 0 aliphatic rings. The molecule has 0 bridgehead atoms. The normalized spacial score (nSPS) is 10.7. The van der Waals surface area contributed by atoms with Crippen LogP contribution in [0.3, 0.4) is 0 Å². The number of pyridine rings is 2. The molecule has 0 unspecified atom stereocenters. The molecule has 0 atom stereocenters. The van der Waals surface area contributed by atoms with E-state index in [9.17, 15) is 0 Å². The van der Waals surface area contributed by atoms with Crippen molar-refractivity contribution in [3.63, 3.8) is 0 Å². The first-order valence-corrected chi connectivity index (χ1v) is 5.26. The third-order valence-electron chi connectivity index (χ3n) is 2.21. The van der Waals surface area contributed by atoms with Gasteiger partial charge < -0.3 is 4.84 Å². The molecule has 2 heterocycles. The van der Waals surface area contributed by atoms with E-state index in [4.69, 9.17) is 0 Å². The molecule has 17 heavy (non-hydrogen) atoms. The topological polar surface area (TPSA) is 47.4 Å². The van der Waals surface area contributed by atoms with Crippen LogP contribution < -0.4 is 0 Å². The van der Waals surface area contributed by atoms with Crippen molar-refractivity contribution in [2.45, 2.75) is 6.92 Å². The number of nitrogens with zero attached hydrogens (tertiary/aromatic N) is 3. The van der Waals surface area contributed by atoms with E-state index in [1.807, 2.05) is 37.3 Å². The van der Waals surface area contributed by atoms with Crippen LogP contribution in [0.5, 0.6) is 0 Å². The Morgan fingerprint density at radius 2 is 2.12 bits per heavy atom. The Morgan fingerprint density at radius 3 is 2.82 bits per heavy atom. The fourth-order valence-corrected chi connectivity index (χ4v) is 1.51. The average molecular weight is 227 g/mol. The van der Waals surface area contributed by atoms with Crippen LogP contribution in [-0.2, 0) is 4.84 Å². The number of hydrogen-bond donors (Lipinski definition) is 0. The average Bonchev–Trinajstić information content (AvgIpc) is 2.37. The first-order chi connectivity index (χ1) is 8.29. The van der Waals surface area contributed by atoms with Crippen LogP contribution in [0.4, 0.5) is 0 Å². The van der Waals surface area contributed by atoms with E-state index >= 15 is 0 Å². The molecule has 2 rings (SSSR count). The largest absolute Gasteiger partial charge is 0.399 e. The summed E-state index contributed by atoms with van der Waals surface area (Å²) in [7, 11) is 1.51. The van der Waals surface area contributed by atoms with Gasteiger partial charge in [0.1, 0.15) is 7.11 Å². The highest BCUT2D eigenvalue weighted by Crippen LogP contribution is 2.15. The van der Waals surface area contributed by atoms with Crippen molar-refractivity contribution in [1.29, 1.82) is 0 Å². The van der Waals surface area contributed by atoms with Crippen molar-refractivity contribution in [1.82, 2.24) is 9.97 Å². The summed E-state index contributed by atoms with van der Waals surface area (Å²) in [5, 5.41) is 3.71. The first kappa shape index (κ1) is 11.3. The molecule has 0 aromatic carbocycles. The predicted octanol–water partition coefficient (Wildman–Crippen LogP) is 2.43. The highest BCUT2D eigenvalue weighted by atomic mass is 16.6. The van der Waals surface area contributed by atoms with E-state index in [2.05, 4.69) is 20.0 Å². The molecule has 0 radical (unpaired) electrons. The van der Waals surface area contributed by atoms with Crippen LogP contribution in [0.15, 0.2) is 41.7 Å². The molecule has 4 heteroatoms. The molecule has 4 nitrogen and oxygen atoms in total. The maximum absolute atomic E-state index is 4.65. The van der Waals surface area contributed by atoms with Crippen LogP contribution in [-0.4, -0.2) is 23.3 Å². The van der Waals surface area contributed by atoms with Crippen molar-refractivity contribution in [3.8, 4) is 11.4 Å². The highest BCUT2D eigenvalue weighted by Gasteiger charge is 2.02. The lowest BCUT2D eigenvalue weighted by atomic mass is 10.1. The molecule has 0 saturated heterocycles. The van der Waals surface area contributed by atoms with Gasteiger partial charge in [-0.1, -0.05) is 11.2 Å². The van der Waals surface area contributed by atoms with Crippen LogP contribution in [0.25, 0.3) is 11.4 Å². The molecule has 0 aliphatic carbocycles. The quantitative estimate of drug-likeness (QED) is 0.597. The van der Waals surface area contributed by atoms with Gasteiger partial charge in [0.2, 0.25) is 0 Å². The summed E-state index contributed by atoms with van der Waals surface area (Å²) < 4.78 is 0. The van der Waals surface area contributed by atoms with Gasteiger partial charge in [-0.15, -0.1) is 0 Å².